The average Bonchev–Trinajstić information content (AvgIpc) is 2.56. The highest BCUT2D eigenvalue weighted by Crippen LogP contribution is 2.33. The van der Waals surface area contributed by atoms with Crippen molar-refractivity contribution in [1.82, 2.24) is 0 Å². The van der Waals surface area contributed by atoms with Crippen LogP contribution in [0.25, 0.3) is 0 Å². The molecule has 1 aromatic carbocycles. The van der Waals surface area contributed by atoms with Gasteiger partial charge in [-0.2, -0.15) is 11.2 Å². The van der Waals surface area contributed by atoms with E-state index in [1.807, 2.05) is 0 Å². The van der Waals surface area contributed by atoms with Gasteiger partial charge in [-0.05, 0) is 38.3 Å². The van der Waals surface area contributed by atoms with E-state index in [1.54, 1.807) is 0 Å². The first-order valence-corrected chi connectivity index (χ1v) is 12.9. The number of benzene rings is 1. The molecular formula is C17H27NSSi. The van der Waals surface area contributed by atoms with Gasteiger partial charge in [-0.15, -0.1) is 0 Å². The fourth-order valence-corrected chi connectivity index (χ4v) is 7.37. The molecule has 1 aliphatic rings. The first kappa shape index (κ1) is 15.8. The van der Waals surface area contributed by atoms with Crippen LogP contribution < -0.4 is 0 Å². The van der Waals surface area contributed by atoms with E-state index < -0.39 is 7.22 Å². The van der Waals surface area contributed by atoms with Crippen LogP contribution in [0.1, 0.15) is 37.7 Å². The van der Waals surface area contributed by atoms with Crippen molar-refractivity contribution >= 4 is 29.8 Å². The van der Waals surface area contributed by atoms with Crippen molar-refractivity contribution < 1.29 is 0 Å². The number of aryl methyl sites for hydroxylation is 1. The van der Waals surface area contributed by atoms with Crippen LogP contribution in [-0.4, -0.2) is 18.2 Å². The minimum atomic E-state index is -1.10. The minimum absolute atomic E-state index is 0.658. The first-order chi connectivity index (χ1) is 9.44. The van der Waals surface area contributed by atoms with Gasteiger partial charge in [0.05, 0.1) is 5.69 Å². The molecule has 1 aromatic rings. The summed E-state index contributed by atoms with van der Waals surface area (Å²) in [7, 11) is -1.10. The molecule has 1 fully saturated rings. The normalized spacial score (nSPS) is 22.8. The molecule has 0 N–H and O–H groups in total. The van der Waals surface area contributed by atoms with Crippen LogP contribution in [0.15, 0.2) is 29.3 Å². The van der Waals surface area contributed by atoms with E-state index in [1.165, 1.54) is 43.4 Å². The van der Waals surface area contributed by atoms with Crippen LogP contribution in [0.5, 0.6) is 0 Å². The van der Waals surface area contributed by atoms with Crippen LogP contribution in [0.2, 0.25) is 19.6 Å². The maximum Gasteiger partial charge on any atom is 0.109 e. The van der Waals surface area contributed by atoms with Gasteiger partial charge in [0.1, 0.15) is 7.22 Å². The standard InChI is InChI=1S/C17H27NSSi/c1-14-10-12-15(13-11-14)18-16-8-6-5-7-9-17(16)19-20(2,3)4/h10-13,17H,5-9H2,1-4H3. The Bertz CT molecular complexity index is 459. The van der Waals surface area contributed by atoms with Gasteiger partial charge in [0.2, 0.25) is 0 Å². The van der Waals surface area contributed by atoms with Crippen LogP contribution in [-0.2, 0) is 0 Å². The van der Waals surface area contributed by atoms with Crippen molar-refractivity contribution in [3.8, 4) is 0 Å². The van der Waals surface area contributed by atoms with Crippen LogP contribution in [0.3, 0.4) is 0 Å². The first-order valence-electron chi connectivity index (χ1n) is 7.76. The number of aliphatic imine (C=N–C) groups is 1. The van der Waals surface area contributed by atoms with Crippen LogP contribution >= 0.6 is 11.2 Å². The Morgan fingerprint density at radius 1 is 1.05 bits per heavy atom. The molecule has 1 unspecified atom stereocenters. The number of hydrogen-bond donors (Lipinski definition) is 0. The lowest BCUT2D eigenvalue weighted by atomic mass is 10.1. The van der Waals surface area contributed by atoms with Gasteiger partial charge in [-0.25, -0.2) is 0 Å². The van der Waals surface area contributed by atoms with Gasteiger partial charge in [-0.3, -0.25) is 4.99 Å². The van der Waals surface area contributed by atoms with Crippen molar-refractivity contribution in [3.63, 3.8) is 0 Å². The van der Waals surface area contributed by atoms with Crippen molar-refractivity contribution in [2.24, 2.45) is 4.99 Å². The Kier molecular flexibility index (Phi) is 5.50. The smallest absolute Gasteiger partial charge is 0.109 e. The van der Waals surface area contributed by atoms with Gasteiger partial charge in [-0.1, -0.05) is 50.2 Å². The van der Waals surface area contributed by atoms with E-state index in [9.17, 15) is 0 Å². The van der Waals surface area contributed by atoms with E-state index in [0.717, 1.165) is 5.69 Å². The molecule has 1 atom stereocenters. The second-order valence-corrected chi connectivity index (χ2v) is 16.2. The zero-order valence-corrected chi connectivity index (χ0v) is 15.1. The third-order valence-corrected chi connectivity index (χ3v) is 8.05. The van der Waals surface area contributed by atoms with E-state index in [4.69, 9.17) is 4.99 Å². The Balaban J connectivity index is 2.21. The molecule has 0 heterocycles. The third-order valence-electron chi connectivity index (χ3n) is 3.57. The summed E-state index contributed by atoms with van der Waals surface area (Å²) in [6, 6.07) is 8.64. The Morgan fingerprint density at radius 3 is 2.40 bits per heavy atom. The van der Waals surface area contributed by atoms with Crippen molar-refractivity contribution in [2.45, 2.75) is 63.9 Å². The van der Waals surface area contributed by atoms with E-state index >= 15 is 0 Å². The number of hydrogen-bond acceptors (Lipinski definition) is 2. The molecule has 110 valence electrons. The molecular weight excluding hydrogens is 278 g/mol. The van der Waals surface area contributed by atoms with E-state index in [0.29, 0.717) is 5.25 Å². The van der Waals surface area contributed by atoms with Gasteiger partial charge in [0.15, 0.2) is 0 Å². The third kappa shape index (κ3) is 5.10. The summed E-state index contributed by atoms with van der Waals surface area (Å²) in [5, 5.41) is 0.658. The van der Waals surface area contributed by atoms with Crippen molar-refractivity contribution in [1.29, 1.82) is 0 Å². The molecule has 0 spiro atoms. The Morgan fingerprint density at radius 2 is 1.75 bits per heavy atom. The van der Waals surface area contributed by atoms with E-state index in [2.05, 4.69) is 62.0 Å². The topological polar surface area (TPSA) is 12.4 Å². The highest BCUT2D eigenvalue weighted by molar-refractivity contribution is 8.29. The molecule has 0 saturated heterocycles. The zero-order valence-electron chi connectivity index (χ0n) is 13.3. The molecule has 0 aliphatic heterocycles. The average molecular weight is 306 g/mol. The quantitative estimate of drug-likeness (QED) is 0.495. The highest BCUT2D eigenvalue weighted by atomic mass is 32.4. The van der Waals surface area contributed by atoms with Crippen molar-refractivity contribution in [3.05, 3.63) is 29.8 Å². The van der Waals surface area contributed by atoms with Crippen LogP contribution in [0, 0.1) is 6.92 Å². The summed E-state index contributed by atoms with van der Waals surface area (Å²) in [5.41, 5.74) is 3.88. The predicted octanol–water partition coefficient (Wildman–Crippen LogP) is 5.97. The highest BCUT2D eigenvalue weighted by Gasteiger charge is 2.26. The summed E-state index contributed by atoms with van der Waals surface area (Å²) in [5.74, 6) is 0. The maximum atomic E-state index is 5.00. The summed E-state index contributed by atoms with van der Waals surface area (Å²) >= 11 is 2.23. The fraction of sp³-hybridized carbons (Fsp3) is 0.588. The molecule has 1 saturated carbocycles. The Labute approximate surface area is 128 Å². The molecule has 20 heavy (non-hydrogen) atoms. The molecule has 0 amide bonds. The van der Waals surface area contributed by atoms with Gasteiger partial charge in [0, 0.05) is 11.0 Å². The largest absolute Gasteiger partial charge is 0.257 e. The number of rotatable bonds is 3. The summed E-state index contributed by atoms with van der Waals surface area (Å²) in [6.07, 6.45) is 6.56. The monoisotopic (exact) mass is 305 g/mol. The lowest BCUT2D eigenvalue weighted by Crippen LogP contribution is -2.25. The maximum absolute atomic E-state index is 5.00. The molecule has 3 heteroatoms. The zero-order chi connectivity index (χ0) is 14.6. The van der Waals surface area contributed by atoms with E-state index in [-0.39, 0.29) is 0 Å². The lowest BCUT2D eigenvalue weighted by molar-refractivity contribution is 0.706. The molecule has 1 aliphatic carbocycles. The molecule has 0 aromatic heterocycles. The van der Waals surface area contributed by atoms with Gasteiger partial charge in [0.25, 0.3) is 0 Å². The lowest BCUT2D eigenvalue weighted by Gasteiger charge is -2.24. The van der Waals surface area contributed by atoms with Gasteiger partial charge >= 0.3 is 0 Å². The molecule has 0 bridgehead atoms. The van der Waals surface area contributed by atoms with Gasteiger partial charge < -0.3 is 0 Å². The minimum Gasteiger partial charge on any atom is -0.257 e. The molecule has 2 rings (SSSR count). The van der Waals surface area contributed by atoms with Crippen LogP contribution in [0.4, 0.5) is 5.69 Å². The summed E-state index contributed by atoms with van der Waals surface area (Å²) < 4.78 is 0. The molecule has 0 radical (unpaired) electrons. The SMILES string of the molecule is Cc1ccc(N=C2CCCCCC2S[Si](C)(C)C)cc1. The summed E-state index contributed by atoms with van der Waals surface area (Å²) in [4.78, 5) is 5.00. The Hall–Kier alpha value is -0.543. The predicted molar refractivity (Wildman–Crippen MR) is 96.1 cm³/mol. The number of nitrogens with zero attached hydrogens (tertiary/aromatic N) is 1. The molecule has 1 nitrogen and oxygen atoms in total. The second kappa shape index (κ2) is 6.95. The summed E-state index contributed by atoms with van der Waals surface area (Å²) in [6.45, 7) is 9.48. The fourth-order valence-electron chi connectivity index (χ4n) is 2.61. The second-order valence-electron chi connectivity index (χ2n) is 6.76. The van der Waals surface area contributed by atoms with Crippen molar-refractivity contribution in [2.75, 3.05) is 0 Å².